The van der Waals surface area contributed by atoms with Crippen molar-refractivity contribution < 1.29 is 10.2 Å². The highest BCUT2D eigenvalue weighted by molar-refractivity contribution is 5.41. The third-order valence-corrected chi connectivity index (χ3v) is 2.51. The molecule has 1 atom stereocenters. The van der Waals surface area contributed by atoms with Crippen molar-refractivity contribution in [3.05, 3.63) is 23.8 Å². The molecule has 0 aliphatic heterocycles. The van der Waals surface area contributed by atoms with Crippen molar-refractivity contribution in [2.45, 2.75) is 39.2 Å². The molecule has 0 amide bonds. The summed E-state index contributed by atoms with van der Waals surface area (Å²) < 4.78 is 0. The maximum absolute atomic E-state index is 9.41. The minimum atomic E-state index is -0.0697. The van der Waals surface area contributed by atoms with Crippen LogP contribution in [0.15, 0.2) is 18.2 Å². The largest absolute Gasteiger partial charge is 0.504 e. The lowest BCUT2D eigenvalue weighted by Gasteiger charge is -2.23. The highest BCUT2D eigenvalue weighted by atomic mass is 16.3. The number of hydrogen-bond acceptors (Lipinski definition) is 3. The van der Waals surface area contributed by atoms with Crippen LogP contribution in [0.2, 0.25) is 0 Å². The third kappa shape index (κ3) is 3.74. The van der Waals surface area contributed by atoms with Gasteiger partial charge in [0.05, 0.1) is 0 Å². The molecular weight excluding hydrogens is 202 g/mol. The molecule has 0 fully saturated rings. The lowest BCUT2D eigenvalue weighted by atomic mass is 9.99. The lowest BCUT2D eigenvalue weighted by molar-refractivity contribution is 0.399. The van der Waals surface area contributed by atoms with Crippen LogP contribution < -0.4 is 5.32 Å². The predicted octanol–water partition coefficient (Wildman–Crippen LogP) is 2.59. The van der Waals surface area contributed by atoms with Gasteiger partial charge in [-0.2, -0.15) is 0 Å². The van der Waals surface area contributed by atoms with Crippen LogP contribution in [-0.4, -0.2) is 22.3 Å². The molecule has 0 heterocycles. The molecule has 3 nitrogen and oxygen atoms in total. The van der Waals surface area contributed by atoms with Crippen LogP contribution in [0.5, 0.6) is 11.5 Å². The number of hydrogen-bond donors (Lipinski definition) is 3. The fourth-order valence-electron chi connectivity index (χ4n) is 1.42. The van der Waals surface area contributed by atoms with E-state index in [-0.39, 0.29) is 17.0 Å². The predicted molar refractivity (Wildman–Crippen MR) is 65.9 cm³/mol. The van der Waals surface area contributed by atoms with Gasteiger partial charge in [0.2, 0.25) is 0 Å². The number of phenolic OH excluding ortho intramolecular Hbond substituents is 2. The normalized spacial score (nSPS) is 13.8. The molecular formula is C13H21NO2. The minimum Gasteiger partial charge on any atom is -0.504 e. The smallest absolute Gasteiger partial charge is 0.157 e. The van der Waals surface area contributed by atoms with Crippen LogP contribution in [0, 0.1) is 0 Å². The van der Waals surface area contributed by atoms with Crippen LogP contribution in [0.4, 0.5) is 0 Å². The van der Waals surface area contributed by atoms with Gasteiger partial charge in [0, 0.05) is 12.1 Å². The Kier molecular flexibility index (Phi) is 3.81. The van der Waals surface area contributed by atoms with Gasteiger partial charge in [-0.15, -0.1) is 0 Å². The second-order valence-electron chi connectivity index (χ2n) is 5.28. The molecule has 3 heteroatoms. The monoisotopic (exact) mass is 223 g/mol. The lowest BCUT2D eigenvalue weighted by Crippen LogP contribution is -2.38. The van der Waals surface area contributed by atoms with Crippen molar-refractivity contribution in [2.75, 3.05) is 6.54 Å². The molecule has 0 aromatic heterocycles. The molecule has 0 spiro atoms. The molecule has 0 bridgehead atoms. The minimum absolute atomic E-state index is 0.0555. The summed E-state index contributed by atoms with van der Waals surface area (Å²) >= 11 is 0. The molecule has 0 aliphatic rings. The Hall–Kier alpha value is -1.22. The summed E-state index contributed by atoms with van der Waals surface area (Å²) in [6, 6.07) is 4.98. The number of benzene rings is 1. The van der Waals surface area contributed by atoms with Crippen LogP contribution in [-0.2, 0) is 0 Å². The standard InChI is InChI=1S/C13H21NO2/c1-9(8-14-13(2,3)4)10-5-6-11(15)12(16)7-10/h5-7,9,14-16H,8H2,1-4H3. The number of nitrogens with one attached hydrogen (secondary N) is 1. The van der Waals surface area contributed by atoms with Crippen molar-refractivity contribution in [1.82, 2.24) is 5.32 Å². The Bertz CT molecular complexity index is 355. The molecule has 0 saturated heterocycles. The molecule has 1 aromatic rings. The summed E-state index contributed by atoms with van der Waals surface area (Å²) in [4.78, 5) is 0. The molecule has 1 aromatic carbocycles. The van der Waals surface area contributed by atoms with E-state index in [9.17, 15) is 10.2 Å². The maximum Gasteiger partial charge on any atom is 0.157 e. The van der Waals surface area contributed by atoms with Crippen molar-refractivity contribution in [3.8, 4) is 11.5 Å². The van der Waals surface area contributed by atoms with Gasteiger partial charge >= 0.3 is 0 Å². The zero-order valence-electron chi connectivity index (χ0n) is 10.4. The average molecular weight is 223 g/mol. The first kappa shape index (κ1) is 12.8. The van der Waals surface area contributed by atoms with Crippen LogP contribution in [0.3, 0.4) is 0 Å². The van der Waals surface area contributed by atoms with Gasteiger partial charge < -0.3 is 15.5 Å². The topological polar surface area (TPSA) is 52.5 Å². The van der Waals surface area contributed by atoms with Crippen LogP contribution in [0.25, 0.3) is 0 Å². The fourth-order valence-corrected chi connectivity index (χ4v) is 1.42. The van der Waals surface area contributed by atoms with E-state index in [1.807, 2.05) is 6.07 Å². The quantitative estimate of drug-likeness (QED) is 0.690. The van der Waals surface area contributed by atoms with Crippen molar-refractivity contribution >= 4 is 0 Å². The van der Waals surface area contributed by atoms with E-state index in [0.29, 0.717) is 5.92 Å². The fraction of sp³-hybridized carbons (Fsp3) is 0.538. The molecule has 0 radical (unpaired) electrons. The second kappa shape index (κ2) is 4.74. The van der Waals surface area contributed by atoms with E-state index in [4.69, 9.17) is 0 Å². The van der Waals surface area contributed by atoms with Gasteiger partial charge in [-0.25, -0.2) is 0 Å². The van der Waals surface area contributed by atoms with Crippen molar-refractivity contribution in [3.63, 3.8) is 0 Å². The molecule has 0 saturated carbocycles. The van der Waals surface area contributed by atoms with E-state index in [1.54, 1.807) is 6.07 Å². The number of rotatable bonds is 3. The number of aromatic hydroxyl groups is 2. The van der Waals surface area contributed by atoms with Gasteiger partial charge in [0.25, 0.3) is 0 Å². The van der Waals surface area contributed by atoms with Gasteiger partial charge in [-0.1, -0.05) is 13.0 Å². The summed E-state index contributed by atoms with van der Waals surface area (Å²) in [5, 5.41) is 22.0. The first-order valence-electron chi connectivity index (χ1n) is 5.56. The average Bonchev–Trinajstić information content (AvgIpc) is 2.17. The maximum atomic E-state index is 9.41. The highest BCUT2D eigenvalue weighted by Gasteiger charge is 2.13. The molecule has 1 rings (SSSR count). The highest BCUT2D eigenvalue weighted by Crippen LogP contribution is 2.28. The zero-order valence-corrected chi connectivity index (χ0v) is 10.4. The molecule has 1 unspecified atom stereocenters. The molecule has 16 heavy (non-hydrogen) atoms. The first-order valence-corrected chi connectivity index (χ1v) is 5.56. The van der Waals surface area contributed by atoms with E-state index in [1.165, 1.54) is 6.07 Å². The Labute approximate surface area is 97.1 Å². The molecule has 3 N–H and O–H groups in total. The summed E-state index contributed by atoms with van der Waals surface area (Å²) in [7, 11) is 0. The Morgan fingerprint density at radius 1 is 1.19 bits per heavy atom. The van der Waals surface area contributed by atoms with E-state index < -0.39 is 0 Å². The number of phenols is 2. The summed E-state index contributed by atoms with van der Waals surface area (Å²) in [6.07, 6.45) is 0. The summed E-state index contributed by atoms with van der Waals surface area (Å²) in [5.41, 5.74) is 1.11. The van der Waals surface area contributed by atoms with E-state index >= 15 is 0 Å². The summed E-state index contributed by atoms with van der Waals surface area (Å²) in [6.45, 7) is 9.29. The summed E-state index contributed by atoms with van der Waals surface area (Å²) in [5.74, 6) is 0.172. The zero-order chi connectivity index (χ0) is 12.3. The third-order valence-electron chi connectivity index (χ3n) is 2.51. The Morgan fingerprint density at radius 3 is 2.31 bits per heavy atom. The van der Waals surface area contributed by atoms with Crippen molar-refractivity contribution in [2.24, 2.45) is 0 Å². The van der Waals surface area contributed by atoms with Crippen LogP contribution in [0.1, 0.15) is 39.2 Å². The Balaban J connectivity index is 2.66. The van der Waals surface area contributed by atoms with E-state index in [2.05, 4.69) is 33.0 Å². The molecule has 0 aliphatic carbocycles. The van der Waals surface area contributed by atoms with Gasteiger partial charge in [-0.05, 0) is 44.4 Å². The Morgan fingerprint density at radius 2 is 1.81 bits per heavy atom. The molecule has 90 valence electrons. The van der Waals surface area contributed by atoms with Gasteiger partial charge in [0.1, 0.15) is 0 Å². The van der Waals surface area contributed by atoms with Crippen LogP contribution >= 0.6 is 0 Å². The second-order valence-corrected chi connectivity index (χ2v) is 5.28. The van der Waals surface area contributed by atoms with Gasteiger partial charge in [-0.3, -0.25) is 0 Å². The van der Waals surface area contributed by atoms with Gasteiger partial charge in [0.15, 0.2) is 11.5 Å². The SMILES string of the molecule is CC(CNC(C)(C)C)c1ccc(O)c(O)c1. The first-order chi connectivity index (χ1) is 7.29. The van der Waals surface area contributed by atoms with E-state index in [0.717, 1.165) is 12.1 Å². The van der Waals surface area contributed by atoms with Crippen molar-refractivity contribution in [1.29, 1.82) is 0 Å².